The standard InChI is InChI=1S/C25H20N4OS/c30-25(29-13-12-17(15-29)16-6-2-1-3-7-16)26-18-10-11-22-19(14-18)23-24(31-22)28-21-9-5-4-8-20(21)27-23/h1-11,14,17H,12-13,15H2,(H,26,30). The molecule has 1 aliphatic rings. The molecule has 0 bridgehead atoms. The fourth-order valence-corrected chi connectivity index (χ4v) is 5.37. The number of fused-ring (bicyclic) bond motifs is 4. The fourth-order valence-electron chi connectivity index (χ4n) is 4.36. The average Bonchev–Trinajstić information content (AvgIpc) is 3.43. The Balaban J connectivity index is 1.27. The number of amides is 2. The zero-order valence-corrected chi connectivity index (χ0v) is 17.6. The molecule has 2 aromatic heterocycles. The SMILES string of the molecule is O=C(Nc1ccc2sc3nc4ccccc4nc3c2c1)N1CCC(c2ccccc2)C1. The Kier molecular flexibility index (Phi) is 4.32. The van der Waals surface area contributed by atoms with Gasteiger partial charge in [0.05, 0.1) is 11.0 Å². The van der Waals surface area contributed by atoms with Gasteiger partial charge in [0.2, 0.25) is 0 Å². The minimum atomic E-state index is -0.0474. The van der Waals surface area contributed by atoms with Crippen molar-refractivity contribution < 1.29 is 4.79 Å². The van der Waals surface area contributed by atoms with Crippen LogP contribution in [0.1, 0.15) is 17.9 Å². The maximum absolute atomic E-state index is 12.9. The summed E-state index contributed by atoms with van der Waals surface area (Å²) in [6, 6.07) is 24.3. The van der Waals surface area contributed by atoms with Crippen molar-refractivity contribution in [1.29, 1.82) is 0 Å². The number of benzene rings is 3. The van der Waals surface area contributed by atoms with Crippen molar-refractivity contribution in [3.63, 3.8) is 0 Å². The van der Waals surface area contributed by atoms with Gasteiger partial charge >= 0.3 is 6.03 Å². The van der Waals surface area contributed by atoms with Gasteiger partial charge in [-0.1, -0.05) is 42.5 Å². The molecule has 0 saturated carbocycles. The van der Waals surface area contributed by atoms with Crippen molar-refractivity contribution in [3.8, 4) is 0 Å². The Bertz CT molecular complexity index is 1430. The van der Waals surface area contributed by atoms with Gasteiger partial charge in [-0.15, -0.1) is 11.3 Å². The van der Waals surface area contributed by atoms with Gasteiger partial charge in [0, 0.05) is 34.8 Å². The van der Waals surface area contributed by atoms with Crippen molar-refractivity contribution in [3.05, 3.63) is 78.4 Å². The smallest absolute Gasteiger partial charge is 0.321 e. The van der Waals surface area contributed by atoms with Gasteiger partial charge in [0.25, 0.3) is 0 Å². The van der Waals surface area contributed by atoms with Gasteiger partial charge in [0.1, 0.15) is 10.3 Å². The predicted molar refractivity (Wildman–Crippen MR) is 127 cm³/mol. The summed E-state index contributed by atoms with van der Waals surface area (Å²) in [5, 5.41) is 4.11. The van der Waals surface area contributed by atoms with Crippen LogP contribution in [0.25, 0.3) is 31.5 Å². The predicted octanol–water partition coefficient (Wildman–Crippen LogP) is 6.02. The van der Waals surface area contributed by atoms with E-state index < -0.39 is 0 Å². The first-order valence-electron chi connectivity index (χ1n) is 10.4. The number of rotatable bonds is 2. The molecule has 3 aromatic carbocycles. The van der Waals surface area contributed by atoms with Crippen molar-refractivity contribution in [2.45, 2.75) is 12.3 Å². The lowest BCUT2D eigenvalue weighted by Crippen LogP contribution is -2.32. The molecule has 0 radical (unpaired) electrons. The van der Waals surface area contributed by atoms with Crippen molar-refractivity contribution in [2.24, 2.45) is 0 Å². The highest BCUT2D eigenvalue weighted by atomic mass is 32.1. The molecule has 6 heteroatoms. The number of para-hydroxylation sites is 2. The number of carbonyl (C=O) groups is 1. The summed E-state index contributed by atoms with van der Waals surface area (Å²) in [6.45, 7) is 1.52. The first kappa shape index (κ1) is 18.3. The minimum absolute atomic E-state index is 0.0474. The van der Waals surface area contributed by atoms with E-state index in [1.807, 2.05) is 53.4 Å². The molecule has 3 heterocycles. The van der Waals surface area contributed by atoms with Crippen molar-refractivity contribution >= 4 is 54.5 Å². The molecule has 5 nitrogen and oxygen atoms in total. The molecular weight excluding hydrogens is 404 g/mol. The molecule has 2 amide bonds. The van der Waals surface area contributed by atoms with Crippen molar-refractivity contribution in [1.82, 2.24) is 14.9 Å². The Morgan fingerprint density at radius 3 is 2.58 bits per heavy atom. The third-order valence-corrected chi connectivity index (χ3v) is 7.03. The molecule has 6 rings (SSSR count). The normalized spacial score (nSPS) is 16.4. The molecule has 0 aliphatic carbocycles. The maximum Gasteiger partial charge on any atom is 0.321 e. The van der Waals surface area contributed by atoms with Crippen LogP contribution >= 0.6 is 11.3 Å². The van der Waals surface area contributed by atoms with E-state index in [0.29, 0.717) is 5.92 Å². The van der Waals surface area contributed by atoms with Crippen LogP contribution in [0.2, 0.25) is 0 Å². The third kappa shape index (κ3) is 3.29. The highest BCUT2D eigenvalue weighted by molar-refractivity contribution is 7.25. The van der Waals surface area contributed by atoms with Gasteiger partial charge in [-0.25, -0.2) is 14.8 Å². The van der Waals surface area contributed by atoms with E-state index in [4.69, 9.17) is 9.97 Å². The van der Waals surface area contributed by atoms with Crippen LogP contribution in [0.3, 0.4) is 0 Å². The molecule has 5 aromatic rings. The zero-order valence-electron chi connectivity index (χ0n) is 16.8. The Morgan fingerprint density at radius 1 is 0.968 bits per heavy atom. The van der Waals surface area contributed by atoms with E-state index in [1.54, 1.807) is 11.3 Å². The number of aromatic nitrogens is 2. The minimum Gasteiger partial charge on any atom is -0.324 e. The lowest BCUT2D eigenvalue weighted by Gasteiger charge is -2.17. The molecule has 1 unspecified atom stereocenters. The van der Waals surface area contributed by atoms with E-state index in [2.05, 4.69) is 29.6 Å². The Labute approximate surface area is 183 Å². The van der Waals surface area contributed by atoms with Gasteiger partial charge in [-0.3, -0.25) is 0 Å². The van der Waals surface area contributed by atoms with E-state index in [9.17, 15) is 4.79 Å². The molecule has 1 saturated heterocycles. The number of hydrogen-bond acceptors (Lipinski definition) is 4. The summed E-state index contributed by atoms with van der Waals surface area (Å²) in [4.78, 5) is 25.3. The molecule has 31 heavy (non-hydrogen) atoms. The number of thiophene rings is 1. The topological polar surface area (TPSA) is 58.1 Å². The summed E-state index contributed by atoms with van der Waals surface area (Å²) < 4.78 is 1.12. The number of nitrogens with zero attached hydrogens (tertiary/aromatic N) is 3. The molecule has 152 valence electrons. The highest BCUT2D eigenvalue weighted by Crippen LogP contribution is 2.34. The Morgan fingerprint density at radius 2 is 1.74 bits per heavy atom. The third-order valence-electron chi connectivity index (χ3n) is 5.98. The maximum atomic E-state index is 12.9. The van der Waals surface area contributed by atoms with Gasteiger partial charge in [-0.05, 0) is 42.3 Å². The fraction of sp³-hybridized carbons (Fsp3) is 0.160. The largest absolute Gasteiger partial charge is 0.324 e. The summed E-state index contributed by atoms with van der Waals surface area (Å²) in [6.07, 6.45) is 0.994. The van der Waals surface area contributed by atoms with Gasteiger partial charge < -0.3 is 10.2 Å². The van der Waals surface area contributed by atoms with Crippen LogP contribution in [0.4, 0.5) is 10.5 Å². The zero-order chi connectivity index (χ0) is 20.8. The number of anilines is 1. The summed E-state index contributed by atoms with van der Waals surface area (Å²) in [5.74, 6) is 0.402. The van der Waals surface area contributed by atoms with E-state index in [0.717, 1.165) is 56.7 Å². The second kappa shape index (κ2) is 7.32. The summed E-state index contributed by atoms with van der Waals surface area (Å²) >= 11 is 1.63. The molecular formula is C25H20N4OS. The number of nitrogens with one attached hydrogen (secondary N) is 1. The summed E-state index contributed by atoms with van der Waals surface area (Å²) in [5.41, 5.74) is 4.76. The van der Waals surface area contributed by atoms with E-state index in [-0.39, 0.29) is 6.03 Å². The molecule has 1 atom stereocenters. The Hall–Kier alpha value is -3.51. The number of carbonyl (C=O) groups excluding carboxylic acids is 1. The number of likely N-dealkylation sites (tertiary alicyclic amines) is 1. The lowest BCUT2D eigenvalue weighted by molar-refractivity contribution is 0.222. The van der Waals surface area contributed by atoms with Crippen LogP contribution < -0.4 is 5.32 Å². The highest BCUT2D eigenvalue weighted by Gasteiger charge is 2.27. The van der Waals surface area contributed by atoms with E-state index >= 15 is 0 Å². The van der Waals surface area contributed by atoms with Gasteiger partial charge in [0.15, 0.2) is 0 Å². The lowest BCUT2D eigenvalue weighted by atomic mass is 9.99. The van der Waals surface area contributed by atoms with Crippen LogP contribution in [-0.2, 0) is 0 Å². The second-order valence-corrected chi connectivity index (χ2v) is 8.98. The summed E-state index contributed by atoms with van der Waals surface area (Å²) in [7, 11) is 0. The second-order valence-electron chi connectivity index (χ2n) is 7.95. The van der Waals surface area contributed by atoms with Crippen LogP contribution in [0, 0.1) is 0 Å². The quantitative estimate of drug-likeness (QED) is 0.377. The van der Waals surface area contributed by atoms with Crippen LogP contribution in [-0.4, -0.2) is 34.0 Å². The first-order chi connectivity index (χ1) is 15.2. The average molecular weight is 425 g/mol. The molecule has 1 aliphatic heterocycles. The molecule has 0 spiro atoms. The number of urea groups is 1. The van der Waals surface area contributed by atoms with E-state index in [1.165, 1.54) is 5.56 Å². The first-order valence-corrected chi connectivity index (χ1v) is 11.3. The van der Waals surface area contributed by atoms with Crippen molar-refractivity contribution in [2.75, 3.05) is 18.4 Å². The van der Waals surface area contributed by atoms with Crippen LogP contribution in [0.5, 0.6) is 0 Å². The monoisotopic (exact) mass is 424 g/mol. The van der Waals surface area contributed by atoms with Crippen LogP contribution in [0.15, 0.2) is 72.8 Å². The number of hydrogen-bond donors (Lipinski definition) is 1. The van der Waals surface area contributed by atoms with Gasteiger partial charge in [-0.2, -0.15) is 0 Å². The molecule has 1 fully saturated rings. The molecule has 1 N–H and O–H groups in total.